The van der Waals surface area contributed by atoms with Gasteiger partial charge in [-0.15, -0.1) is 0 Å². The number of carboxylic acids is 1. The Hall–Kier alpha value is -2.16. The lowest BCUT2D eigenvalue weighted by molar-refractivity contribution is -0.144. The third-order valence-electron chi connectivity index (χ3n) is 1.91. The number of imide groups is 1. The fourth-order valence-corrected chi connectivity index (χ4v) is 1.18. The predicted molar refractivity (Wildman–Crippen MR) is 51.4 cm³/mol. The van der Waals surface area contributed by atoms with Crippen molar-refractivity contribution in [2.45, 2.75) is 18.9 Å². The summed E-state index contributed by atoms with van der Waals surface area (Å²) < 4.78 is 0. The van der Waals surface area contributed by atoms with Gasteiger partial charge in [0.05, 0.1) is 0 Å². The molecule has 1 atom stereocenters. The van der Waals surface area contributed by atoms with Crippen LogP contribution in [0.4, 0.5) is 4.79 Å². The lowest BCUT2D eigenvalue weighted by atomic mass is 10.1. The highest BCUT2D eigenvalue weighted by molar-refractivity contribution is 6.01. The molecule has 9 nitrogen and oxygen atoms in total. The highest BCUT2D eigenvalue weighted by Gasteiger charge is 2.27. The maximum Gasteiger partial charge on any atom is 0.339 e. The molecule has 4 amide bonds. The van der Waals surface area contributed by atoms with Crippen LogP contribution in [0, 0.1) is 0 Å². The Kier molecular flexibility index (Phi) is 4.40. The van der Waals surface area contributed by atoms with E-state index < -0.39 is 36.5 Å². The second-order valence-electron chi connectivity index (χ2n) is 3.26. The molecular formula is C8H11N3O6. The van der Waals surface area contributed by atoms with Crippen LogP contribution < -0.4 is 16.1 Å². The maximum absolute atomic E-state index is 11.2. The van der Waals surface area contributed by atoms with E-state index in [0.29, 0.717) is 0 Å². The summed E-state index contributed by atoms with van der Waals surface area (Å²) in [4.78, 5) is 47.5. The molecule has 4 N–H and O–H groups in total. The van der Waals surface area contributed by atoms with E-state index in [9.17, 15) is 19.2 Å². The maximum atomic E-state index is 11.2. The zero-order chi connectivity index (χ0) is 12.8. The number of piperidine rings is 1. The van der Waals surface area contributed by atoms with Gasteiger partial charge in [0.2, 0.25) is 11.8 Å². The first-order valence-corrected chi connectivity index (χ1v) is 4.73. The molecule has 0 saturated carbocycles. The van der Waals surface area contributed by atoms with Crippen LogP contribution in [0.5, 0.6) is 0 Å². The quantitative estimate of drug-likeness (QED) is 0.338. The van der Waals surface area contributed by atoms with Gasteiger partial charge in [0, 0.05) is 6.42 Å². The van der Waals surface area contributed by atoms with Crippen molar-refractivity contribution in [3.8, 4) is 0 Å². The number of hydrogen-bond donors (Lipinski definition) is 4. The molecule has 0 aromatic rings. The van der Waals surface area contributed by atoms with Crippen LogP contribution in [0.2, 0.25) is 0 Å². The predicted octanol–water partition coefficient (Wildman–Crippen LogP) is -1.89. The fraction of sp³-hybridized carbons (Fsp3) is 0.500. The third kappa shape index (κ3) is 4.47. The average Bonchev–Trinajstić information content (AvgIpc) is 2.21. The summed E-state index contributed by atoms with van der Waals surface area (Å²) >= 11 is 0. The lowest BCUT2D eigenvalue weighted by Crippen LogP contribution is -2.54. The Morgan fingerprint density at radius 2 is 2.18 bits per heavy atom. The zero-order valence-corrected chi connectivity index (χ0v) is 8.69. The summed E-state index contributed by atoms with van der Waals surface area (Å²) in [6, 6.07) is -1.68. The molecule has 1 fully saturated rings. The molecule has 1 unspecified atom stereocenters. The molecule has 0 aromatic carbocycles. The van der Waals surface area contributed by atoms with Crippen molar-refractivity contribution in [3.05, 3.63) is 0 Å². The van der Waals surface area contributed by atoms with Gasteiger partial charge >= 0.3 is 12.0 Å². The van der Waals surface area contributed by atoms with E-state index in [1.165, 1.54) is 0 Å². The topological polar surface area (TPSA) is 134 Å². The van der Waals surface area contributed by atoms with Gasteiger partial charge in [0.15, 0.2) is 6.61 Å². The molecule has 0 radical (unpaired) electrons. The molecule has 0 aliphatic carbocycles. The minimum Gasteiger partial charge on any atom is -0.479 e. The Balaban J connectivity index is 2.28. The van der Waals surface area contributed by atoms with Crippen molar-refractivity contribution >= 4 is 23.8 Å². The first-order chi connectivity index (χ1) is 7.99. The van der Waals surface area contributed by atoms with Gasteiger partial charge in [-0.05, 0) is 6.42 Å². The molecule has 0 bridgehead atoms. The molecule has 94 valence electrons. The number of hydroxylamine groups is 1. The largest absolute Gasteiger partial charge is 0.479 e. The van der Waals surface area contributed by atoms with Gasteiger partial charge < -0.3 is 10.4 Å². The molecule has 0 aromatic heterocycles. The second-order valence-corrected chi connectivity index (χ2v) is 3.26. The third-order valence-corrected chi connectivity index (χ3v) is 1.91. The second kappa shape index (κ2) is 5.80. The number of rotatable bonds is 4. The first kappa shape index (κ1) is 12.9. The number of nitrogens with one attached hydrogen (secondary N) is 3. The van der Waals surface area contributed by atoms with E-state index in [0.717, 1.165) is 0 Å². The summed E-state index contributed by atoms with van der Waals surface area (Å²) in [5.74, 6) is -2.24. The van der Waals surface area contributed by atoms with Gasteiger partial charge in [-0.2, -0.15) is 0 Å². The van der Waals surface area contributed by atoms with Crippen LogP contribution in [0.25, 0.3) is 0 Å². The Bertz CT molecular complexity index is 355. The van der Waals surface area contributed by atoms with E-state index in [-0.39, 0.29) is 12.8 Å². The van der Waals surface area contributed by atoms with E-state index in [2.05, 4.69) is 15.5 Å². The number of amides is 4. The summed E-state index contributed by atoms with van der Waals surface area (Å²) in [6.07, 6.45) is 0.323. The highest BCUT2D eigenvalue weighted by atomic mass is 16.7. The first-order valence-electron chi connectivity index (χ1n) is 4.73. The smallest absolute Gasteiger partial charge is 0.339 e. The van der Waals surface area contributed by atoms with Gasteiger partial charge in [0.1, 0.15) is 6.04 Å². The van der Waals surface area contributed by atoms with Crippen molar-refractivity contribution in [2.75, 3.05) is 6.61 Å². The molecule has 1 saturated heterocycles. The summed E-state index contributed by atoms with van der Waals surface area (Å²) in [5.41, 5.74) is 1.80. The highest BCUT2D eigenvalue weighted by Crippen LogP contribution is 2.03. The van der Waals surface area contributed by atoms with Crippen molar-refractivity contribution in [2.24, 2.45) is 0 Å². The SMILES string of the molecule is O=C(O)CONC(=O)NC1CCC(=O)NC1=O. The molecule has 1 aliphatic heterocycles. The summed E-state index contributed by atoms with van der Waals surface area (Å²) in [7, 11) is 0. The molecule has 17 heavy (non-hydrogen) atoms. The molecule has 1 rings (SSSR count). The molecule has 0 spiro atoms. The van der Waals surface area contributed by atoms with Crippen LogP contribution in [0.3, 0.4) is 0 Å². The van der Waals surface area contributed by atoms with E-state index >= 15 is 0 Å². The van der Waals surface area contributed by atoms with Crippen LogP contribution in [-0.2, 0) is 19.2 Å². The zero-order valence-electron chi connectivity index (χ0n) is 8.69. The number of carboxylic acid groups (broad SMARTS) is 1. The molecule has 1 heterocycles. The van der Waals surface area contributed by atoms with Crippen LogP contribution >= 0.6 is 0 Å². The number of aliphatic carboxylic acids is 1. The molecule has 1 aliphatic rings. The number of carbonyl (C=O) groups excluding carboxylic acids is 3. The van der Waals surface area contributed by atoms with Gasteiger partial charge in [0.25, 0.3) is 0 Å². The average molecular weight is 245 g/mol. The number of urea groups is 1. The standard InChI is InChI=1S/C8H11N3O6/c12-5-2-1-4(7(15)10-5)9-8(16)11-17-3-6(13)14/h4H,1-3H2,(H,13,14)(H2,9,11,16)(H,10,12,15). The van der Waals surface area contributed by atoms with E-state index in [1.807, 2.05) is 0 Å². The number of carbonyl (C=O) groups is 4. The molecular weight excluding hydrogens is 234 g/mol. The van der Waals surface area contributed by atoms with Gasteiger partial charge in [-0.1, -0.05) is 0 Å². The van der Waals surface area contributed by atoms with Crippen molar-refractivity contribution in [3.63, 3.8) is 0 Å². The van der Waals surface area contributed by atoms with Crippen LogP contribution in [-0.4, -0.2) is 41.6 Å². The number of hydrogen-bond acceptors (Lipinski definition) is 5. The summed E-state index contributed by atoms with van der Waals surface area (Å²) in [6.45, 7) is -0.692. The normalized spacial score (nSPS) is 19.4. The van der Waals surface area contributed by atoms with Crippen molar-refractivity contribution in [1.82, 2.24) is 16.1 Å². The Labute approximate surface area is 95.4 Å². The van der Waals surface area contributed by atoms with Crippen molar-refractivity contribution < 1.29 is 29.1 Å². The summed E-state index contributed by atoms with van der Waals surface area (Å²) in [5, 5.41) is 12.5. The van der Waals surface area contributed by atoms with Crippen LogP contribution in [0.15, 0.2) is 0 Å². The molecule has 9 heteroatoms. The van der Waals surface area contributed by atoms with Gasteiger partial charge in [-0.3, -0.25) is 19.7 Å². The Morgan fingerprint density at radius 1 is 1.47 bits per heavy atom. The minimum atomic E-state index is -1.24. The monoisotopic (exact) mass is 245 g/mol. The van der Waals surface area contributed by atoms with Crippen molar-refractivity contribution in [1.29, 1.82) is 0 Å². The van der Waals surface area contributed by atoms with E-state index in [1.54, 1.807) is 5.48 Å². The Morgan fingerprint density at radius 3 is 2.76 bits per heavy atom. The van der Waals surface area contributed by atoms with Gasteiger partial charge in [-0.25, -0.2) is 15.1 Å². The fourth-order valence-electron chi connectivity index (χ4n) is 1.18. The lowest BCUT2D eigenvalue weighted by Gasteiger charge is -2.21. The van der Waals surface area contributed by atoms with Crippen LogP contribution in [0.1, 0.15) is 12.8 Å². The minimum absolute atomic E-state index is 0.132. The van der Waals surface area contributed by atoms with E-state index in [4.69, 9.17) is 5.11 Å².